The van der Waals surface area contributed by atoms with Crippen molar-refractivity contribution >= 4 is 17.7 Å². The first-order valence-corrected chi connectivity index (χ1v) is 9.54. The number of aromatic nitrogens is 1. The van der Waals surface area contributed by atoms with Crippen LogP contribution in [0.1, 0.15) is 29.1 Å². The maximum Gasteiger partial charge on any atom is 0.468 e. The Hall–Kier alpha value is -2.00. The lowest BCUT2D eigenvalue weighted by Crippen LogP contribution is -2.57. The zero-order chi connectivity index (χ0) is 19.0. The van der Waals surface area contributed by atoms with Crippen LogP contribution in [0.5, 0.6) is 0 Å². The summed E-state index contributed by atoms with van der Waals surface area (Å²) in [5.41, 5.74) is 0.532. The zero-order valence-corrected chi connectivity index (χ0v) is 15.1. The molecule has 0 aliphatic carbocycles. The van der Waals surface area contributed by atoms with E-state index in [1.165, 1.54) is 0 Å². The van der Waals surface area contributed by atoms with E-state index in [-0.39, 0.29) is 17.0 Å². The molecule has 3 fully saturated rings. The highest BCUT2D eigenvalue weighted by Crippen LogP contribution is 2.34. The van der Waals surface area contributed by atoms with Gasteiger partial charge in [-0.1, -0.05) is 11.8 Å². The first-order chi connectivity index (χ1) is 12.9. The molecule has 1 atom stereocenters. The van der Waals surface area contributed by atoms with E-state index >= 15 is 0 Å². The molecule has 3 aliphatic heterocycles. The second kappa shape index (κ2) is 7.20. The predicted molar refractivity (Wildman–Crippen MR) is 92.5 cm³/mol. The first kappa shape index (κ1) is 18.4. The monoisotopic (exact) mass is 397 g/mol. The molecule has 4 heterocycles. The van der Waals surface area contributed by atoms with E-state index in [0.717, 1.165) is 50.4 Å². The fourth-order valence-corrected chi connectivity index (χ4v) is 4.34. The number of carbonyl (C=O) groups excluding carboxylic acids is 1. The summed E-state index contributed by atoms with van der Waals surface area (Å²) in [6, 6.07) is 6.89. The smallest absolute Gasteiger partial charge is 0.426 e. The molecule has 1 unspecified atom stereocenters. The summed E-state index contributed by atoms with van der Waals surface area (Å²) in [7, 11) is 0. The Morgan fingerprint density at radius 3 is 2.48 bits per heavy atom. The molecule has 27 heavy (non-hydrogen) atoms. The first-order valence-electron chi connectivity index (χ1n) is 8.72. The highest BCUT2D eigenvalue weighted by molar-refractivity contribution is 7.99. The van der Waals surface area contributed by atoms with Crippen LogP contribution >= 0.6 is 11.8 Å². The van der Waals surface area contributed by atoms with Crippen molar-refractivity contribution in [1.82, 2.24) is 15.2 Å². The van der Waals surface area contributed by atoms with E-state index in [4.69, 9.17) is 4.42 Å². The highest BCUT2D eigenvalue weighted by atomic mass is 32.2. The van der Waals surface area contributed by atoms with Crippen LogP contribution in [0.15, 0.2) is 44.9 Å². The van der Waals surface area contributed by atoms with Gasteiger partial charge in [0.2, 0.25) is 0 Å². The van der Waals surface area contributed by atoms with E-state index in [2.05, 4.69) is 15.2 Å². The molecule has 1 aromatic heterocycles. The lowest BCUT2D eigenvalue weighted by Gasteiger charge is -2.44. The van der Waals surface area contributed by atoms with Crippen molar-refractivity contribution < 1.29 is 22.4 Å². The summed E-state index contributed by atoms with van der Waals surface area (Å²) in [5.74, 6) is -0.842. The van der Waals surface area contributed by atoms with Crippen molar-refractivity contribution in [1.29, 1.82) is 0 Å². The van der Waals surface area contributed by atoms with Crippen LogP contribution in [0.4, 0.5) is 13.2 Å². The quantitative estimate of drug-likeness (QED) is 0.853. The van der Waals surface area contributed by atoms with Crippen LogP contribution in [0.2, 0.25) is 0 Å². The Bertz CT molecular complexity index is 814. The van der Waals surface area contributed by atoms with Gasteiger partial charge < -0.3 is 14.6 Å². The molecule has 2 bridgehead atoms. The van der Waals surface area contributed by atoms with Gasteiger partial charge in [-0.15, -0.1) is 0 Å². The van der Waals surface area contributed by atoms with Gasteiger partial charge in [0.15, 0.2) is 5.09 Å². The standard InChI is InChI=1S/C18H18F3N3O2S/c19-18(20,21)17-22-9-15(26-17)27-13-3-1-12(2-4-13)16(25)23-14-10-24-7-5-11(14)6-8-24/h1-4,9,11,14H,5-8,10H2,(H,23,25). The molecule has 5 nitrogen and oxygen atoms in total. The number of oxazole rings is 1. The van der Waals surface area contributed by atoms with Gasteiger partial charge in [0.25, 0.3) is 5.91 Å². The second-order valence-electron chi connectivity index (χ2n) is 6.83. The summed E-state index contributed by atoms with van der Waals surface area (Å²) in [6.07, 6.45) is -1.31. The minimum atomic E-state index is -4.60. The van der Waals surface area contributed by atoms with Crippen LogP contribution < -0.4 is 5.32 Å². The number of benzene rings is 1. The SMILES string of the molecule is O=C(NC1CN2CCC1CC2)c1ccc(Sc2cnc(C(F)(F)F)o2)cc1. The largest absolute Gasteiger partial charge is 0.468 e. The van der Waals surface area contributed by atoms with E-state index in [0.29, 0.717) is 16.4 Å². The zero-order valence-electron chi connectivity index (χ0n) is 14.3. The van der Waals surface area contributed by atoms with Gasteiger partial charge in [0.1, 0.15) is 0 Å². The maximum atomic E-state index is 12.5. The maximum absolute atomic E-state index is 12.5. The number of piperidine rings is 3. The number of nitrogens with zero attached hydrogens (tertiary/aromatic N) is 2. The molecule has 2 aromatic rings. The molecule has 5 rings (SSSR count). The predicted octanol–water partition coefficient (Wildman–Crippen LogP) is 3.67. The number of alkyl halides is 3. The number of nitrogens with one attached hydrogen (secondary N) is 1. The molecule has 1 aromatic carbocycles. The van der Waals surface area contributed by atoms with Gasteiger partial charge >= 0.3 is 12.1 Å². The molecular formula is C18H18F3N3O2S. The van der Waals surface area contributed by atoms with E-state index in [9.17, 15) is 18.0 Å². The van der Waals surface area contributed by atoms with Crippen LogP contribution in [0.25, 0.3) is 0 Å². The third-order valence-corrected chi connectivity index (χ3v) is 5.93. The van der Waals surface area contributed by atoms with Crippen LogP contribution in [0.3, 0.4) is 0 Å². The highest BCUT2D eigenvalue weighted by Gasteiger charge is 2.37. The number of hydrogen-bond donors (Lipinski definition) is 1. The molecule has 9 heteroatoms. The van der Waals surface area contributed by atoms with E-state index in [1.54, 1.807) is 24.3 Å². The van der Waals surface area contributed by atoms with Gasteiger partial charge in [-0.25, -0.2) is 4.98 Å². The molecule has 1 amide bonds. The van der Waals surface area contributed by atoms with Crippen molar-refractivity contribution in [2.75, 3.05) is 19.6 Å². The number of halogens is 3. The summed E-state index contributed by atoms with van der Waals surface area (Å²) < 4.78 is 42.3. The molecule has 3 aliphatic rings. The normalized spacial score (nSPS) is 24.8. The van der Waals surface area contributed by atoms with Gasteiger partial charge in [-0.2, -0.15) is 13.2 Å². The molecule has 0 spiro atoms. The topological polar surface area (TPSA) is 58.4 Å². The molecule has 3 saturated heterocycles. The third kappa shape index (κ3) is 4.14. The van der Waals surface area contributed by atoms with Gasteiger partial charge in [-0.3, -0.25) is 4.79 Å². The minimum Gasteiger partial charge on any atom is -0.426 e. The fraction of sp³-hybridized carbons (Fsp3) is 0.444. The van der Waals surface area contributed by atoms with E-state index in [1.807, 2.05) is 0 Å². The van der Waals surface area contributed by atoms with Crippen LogP contribution in [-0.4, -0.2) is 41.5 Å². The van der Waals surface area contributed by atoms with Gasteiger partial charge in [0.05, 0.1) is 6.20 Å². The molecule has 1 N–H and O–H groups in total. The Morgan fingerprint density at radius 2 is 1.93 bits per heavy atom. The molecule has 0 radical (unpaired) electrons. The van der Waals surface area contributed by atoms with E-state index < -0.39 is 12.1 Å². The van der Waals surface area contributed by atoms with Crippen LogP contribution in [-0.2, 0) is 6.18 Å². The Kier molecular flexibility index (Phi) is 4.90. The number of amides is 1. The fourth-order valence-electron chi connectivity index (χ4n) is 3.61. The average molecular weight is 397 g/mol. The van der Waals surface area contributed by atoms with Crippen LogP contribution in [0, 0.1) is 5.92 Å². The van der Waals surface area contributed by atoms with Crippen molar-refractivity contribution in [2.24, 2.45) is 5.92 Å². The lowest BCUT2D eigenvalue weighted by molar-refractivity contribution is -0.158. The van der Waals surface area contributed by atoms with Crippen molar-refractivity contribution in [3.8, 4) is 0 Å². The Morgan fingerprint density at radius 1 is 1.22 bits per heavy atom. The molecule has 0 saturated carbocycles. The average Bonchev–Trinajstić information content (AvgIpc) is 3.12. The summed E-state index contributed by atoms with van der Waals surface area (Å²) in [4.78, 5) is 18.8. The molecular weight excluding hydrogens is 379 g/mol. The van der Waals surface area contributed by atoms with Gasteiger partial charge in [-0.05, 0) is 56.1 Å². The third-order valence-electron chi connectivity index (χ3n) is 5.03. The number of carbonyl (C=O) groups is 1. The number of rotatable bonds is 4. The Labute approximate surface area is 158 Å². The number of hydrogen-bond acceptors (Lipinski definition) is 5. The summed E-state index contributed by atoms with van der Waals surface area (Å²) in [5, 5.41) is 3.16. The second-order valence-corrected chi connectivity index (χ2v) is 7.90. The Balaban J connectivity index is 1.37. The van der Waals surface area contributed by atoms with Crippen molar-refractivity contribution in [3.05, 3.63) is 41.9 Å². The number of fused-ring (bicyclic) bond motifs is 3. The lowest BCUT2D eigenvalue weighted by atomic mass is 9.84. The van der Waals surface area contributed by atoms with Crippen molar-refractivity contribution in [3.63, 3.8) is 0 Å². The summed E-state index contributed by atoms with van der Waals surface area (Å²) >= 11 is 1.02. The minimum absolute atomic E-state index is 0.0480. The summed E-state index contributed by atoms with van der Waals surface area (Å²) in [6.45, 7) is 3.12. The molecule has 144 valence electrons. The van der Waals surface area contributed by atoms with Crippen molar-refractivity contribution in [2.45, 2.75) is 35.0 Å². The van der Waals surface area contributed by atoms with Gasteiger partial charge in [0, 0.05) is 23.0 Å².